The summed E-state index contributed by atoms with van der Waals surface area (Å²) in [6, 6.07) is 21.9. The number of para-hydroxylation sites is 1. The number of carbonyl (C=O) groups is 1. The molecule has 0 bridgehead atoms. The predicted molar refractivity (Wildman–Crippen MR) is 126 cm³/mol. The van der Waals surface area contributed by atoms with Crippen LogP contribution < -0.4 is 19.9 Å². The topological polar surface area (TPSA) is 71.6 Å². The van der Waals surface area contributed by atoms with Crippen LogP contribution in [0.1, 0.15) is 21.5 Å². The number of aromatic amines is 1. The summed E-state index contributed by atoms with van der Waals surface area (Å²) >= 11 is 0. The van der Waals surface area contributed by atoms with Gasteiger partial charge in [0.15, 0.2) is 0 Å². The van der Waals surface area contributed by atoms with Gasteiger partial charge in [0.2, 0.25) is 0 Å². The highest BCUT2D eigenvalue weighted by Crippen LogP contribution is 2.27. The van der Waals surface area contributed by atoms with E-state index in [1.807, 2.05) is 49.4 Å². The number of carbonyl (C=O) groups excluding carboxylic acids is 1. The third-order valence-electron chi connectivity index (χ3n) is 5.35. The SMILES string of the molecule is COc1cccc(N(Cc2cc3ccc(C)cc3[nH]c2=O)C(=O)c2ccccc2OC)c1. The Hall–Kier alpha value is -4.06. The van der Waals surface area contributed by atoms with Crippen molar-refractivity contribution in [3.63, 3.8) is 0 Å². The zero-order valence-corrected chi connectivity index (χ0v) is 18.2. The molecule has 0 unspecified atom stereocenters. The Morgan fingerprint density at radius 2 is 1.75 bits per heavy atom. The molecule has 0 atom stereocenters. The first kappa shape index (κ1) is 21.2. The average Bonchev–Trinajstić information content (AvgIpc) is 2.82. The first-order chi connectivity index (χ1) is 15.5. The van der Waals surface area contributed by atoms with Crippen molar-refractivity contribution < 1.29 is 14.3 Å². The number of amides is 1. The second-order valence-corrected chi connectivity index (χ2v) is 7.51. The molecular formula is C26H24N2O4. The average molecular weight is 428 g/mol. The summed E-state index contributed by atoms with van der Waals surface area (Å²) in [5.41, 5.74) is 3.10. The molecule has 3 aromatic carbocycles. The van der Waals surface area contributed by atoms with E-state index in [0.717, 1.165) is 16.5 Å². The summed E-state index contributed by atoms with van der Waals surface area (Å²) in [7, 11) is 3.10. The van der Waals surface area contributed by atoms with Crippen LogP contribution in [-0.4, -0.2) is 25.1 Å². The van der Waals surface area contributed by atoms with Crippen LogP contribution in [0.5, 0.6) is 11.5 Å². The van der Waals surface area contributed by atoms with Crippen molar-refractivity contribution in [3.05, 3.63) is 99.8 Å². The minimum atomic E-state index is -0.279. The first-order valence-corrected chi connectivity index (χ1v) is 10.2. The molecule has 1 amide bonds. The number of aryl methyl sites for hydroxylation is 1. The van der Waals surface area contributed by atoms with E-state index in [9.17, 15) is 9.59 Å². The van der Waals surface area contributed by atoms with Gasteiger partial charge >= 0.3 is 0 Å². The van der Waals surface area contributed by atoms with Gasteiger partial charge in [-0.25, -0.2) is 0 Å². The minimum absolute atomic E-state index is 0.0865. The highest BCUT2D eigenvalue weighted by Gasteiger charge is 2.23. The largest absolute Gasteiger partial charge is 0.497 e. The Morgan fingerprint density at radius 3 is 2.53 bits per heavy atom. The third kappa shape index (κ3) is 4.21. The number of hydrogen-bond donors (Lipinski definition) is 1. The Morgan fingerprint density at radius 1 is 0.938 bits per heavy atom. The van der Waals surface area contributed by atoms with Crippen molar-refractivity contribution >= 4 is 22.5 Å². The van der Waals surface area contributed by atoms with Crippen molar-refractivity contribution in [2.45, 2.75) is 13.5 Å². The molecule has 1 N–H and O–H groups in total. The molecule has 1 aromatic heterocycles. The minimum Gasteiger partial charge on any atom is -0.497 e. The van der Waals surface area contributed by atoms with E-state index in [4.69, 9.17) is 9.47 Å². The zero-order valence-electron chi connectivity index (χ0n) is 18.2. The Labute approximate surface area is 186 Å². The maximum Gasteiger partial charge on any atom is 0.262 e. The van der Waals surface area contributed by atoms with Crippen molar-refractivity contribution in [2.75, 3.05) is 19.1 Å². The maximum absolute atomic E-state index is 13.6. The fraction of sp³-hybridized carbons (Fsp3) is 0.154. The van der Waals surface area contributed by atoms with E-state index in [-0.39, 0.29) is 18.0 Å². The lowest BCUT2D eigenvalue weighted by Gasteiger charge is -2.24. The summed E-state index contributed by atoms with van der Waals surface area (Å²) in [6.45, 7) is 2.06. The smallest absolute Gasteiger partial charge is 0.262 e. The van der Waals surface area contributed by atoms with Gasteiger partial charge in [-0.1, -0.05) is 30.3 Å². The van der Waals surface area contributed by atoms with Gasteiger partial charge in [0.25, 0.3) is 11.5 Å². The van der Waals surface area contributed by atoms with E-state index >= 15 is 0 Å². The van der Waals surface area contributed by atoms with Crippen LogP contribution >= 0.6 is 0 Å². The molecule has 0 aliphatic carbocycles. The lowest BCUT2D eigenvalue weighted by atomic mass is 10.1. The lowest BCUT2D eigenvalue weighted by molar-refractivity contribution is 0.0982. The molecular weight excluding hydrogens is 404 g/mol. The van der Waals surface area contributed by atoms with Crippen molar-refractivity contribution in [3.8, 4) is 11.5 Å². The van der Waals surface area contributed by atoms with Gasteiger partial charge in [0.1, 0.15) is 11.5 Å². The predicted octanol–water partition coefficient (Wildman–Crippen LogP) is 4.70. The summed E-state index contributed by atoms with van der Waals surface area (Å²) in [6.07, 6.45) is 0. The number of nitrogens with zero attached hydrogens (tertiary/aromatic N) is 1. The van der Waals surface area contributed by atoms with Crippen molar-refractivity contribution in [1.82, 2.24) is 4.98 Å². The number of aromatic nitrogens is 1. The maximum atomic E-state index is 13.6. The van der Waals surface area contributed by atoms with Gasteiger partial charge in [-0.05, 0) is 54.3 Å². The molecule has 6 nitrogen and oxygen atoms in total. The van der Waals surface area contributed by atoms with Gasteiger partial charge < -0.3 is 19.4 Å². The Bertz CT molecular complexity index is 1340. The number of hydrogen-bond acceptors (Lipinski definition) is 4. The third-order valence-corrected chi connectivity index (χ3v) is 5.35. The van der Waals surface area contributed by atoms with Crippen LogP contribution in [0, 0.1) is 6.92 Å². The fourth-order valence-electron chi connectivity index (χ4n) is 3.67. The molecule has 0 aliphatic rings. The second-order valence-electron chi connectivity index (χ2n) is 7.51. The van der Waals surface area contributed by atoms with Crippen molar-refractivity contribution in [2.24, 2.45) is 0 Å². The molecule has 0 radical (unpaired) electrons. The highest BCUT2D eigenvalue weighted by molar-refractivity contribution is 6.08. The van der Waals surface area contributed by atoms with Gasteiger partial charge in [0, 0.05) is 22.8 Å². The van der Waals surface area contributed by atoms with Gasteiger partial charge in [-0.15, -0.1) is 0 Å². The summed E-state index contributed by atoms with van der Waals surface area (Å²) in [5, 5.41) is 0.903. The first-order valence-electron chi connectivity index (χ1n) is 10.2. The van der Waals surface area contributed by atoms with E-state index in [1.54, 1.807) is 42.3 Å². The monoisotopic (exact) mass is 428 g/mol. The van der Waals surface area contributed by atoms with E-state index in [1.165, 1.54) is 7.11 Å². The number of ether oxygens (including phenoxy) is 2. The number of rotatable bonds is 6. The van der Waals surface area contributed by atoms with Crippen LogP contribution in [0.2, 0.25) is 0 Å². The van der Waals surface area contributed by atoms with Gasteiger partial charge in [0.05, 0.1) is 26.3 Å². The molecule has 0 fully saturated rings. The molecule has 0 saturated heterocycles. The number of methoxy groups -OCH3 is 2. The zero-order chi connectivity index (χ0) is 22.7. The number of H-pyrrole nitrogens is 1. The molecule has 4 aromatic rings. The van der Waals surface area contributed by atoms with Crippen molar-refractivity contribution in [1.29, 1.82) is 0 Å². The number of fused-ring (bicyclic) bond motifs is 1. The molecule has 1 heterocycles. The van der Waals surface area contributed by atoms with E-state index < -0.39 is 0 Å². The number of anilines is 1. The number of pyridine rings is 1. The Balaban J connectivity index is 1.82. The van der Waals surface area contributed by atoms with E-state index in [2.05, 4.69) is 4.98 Å². The van der Waals surface area contributed by atoms with Gasteiger partial charge in [-0.3, -0.25) is 9.59 Å². The van der Waals surface area contributed by atoms with Crippen LogP contribution in [0.4, 0.5) is 5.69 Å². The fourth-order valence-corrected chi connectivity index (χ4v) is 3.67. The van der Waals surface area contributed by atoms with Gasteiger partial charge in [-0.2, -0.15) is 0 Å². The highest BCUT2D eigenvalue weighted by atomic mass is 16.5. The molecule has 6 heteroatoms. The second kappa shape index (κ2) is 8.98. The molecule has 32 heavy (non-hydrogen) atoms. The summed E-state index contributed by atoms with van der Waals surface area (Å²) in [5.74, 6) is 0.802. The summed E-state index contributed by atoms with van der Waals surface area (Å²) in [4.78, 5) is 31.0. The molecule has 0 spiro atoms. The Kier molecular flexibility index (Phi) is 5.94. The lowest BCUT2D eigenvalue weighted by Crippen LogP contribution is -2.33. The normalized spacial score (nSPS) is 10.7. The van der Waals surface area contributed by atoms with Crippen LogP contribution in [-0.2, 0) is 6.54 Å². The number of nitrogens with one attached hydrogen (secondary N) is 1. The molecule has 0 saturated carbocycles. The molecule has 162 valence electrons. The van der Waals surface area contributed by atoms with Crippen LogP contribution in [0.3, 0.4) is 0 Å². The quantitative estimate of drug-likeness (QED) is 0.483. The van der Waals surface area contributed by atoms with Crippen LogP contribution in [0.25, 0.3) is 10.9 Å². The number of benzene rings is 3. The summed E-state index contributed by atoms with van der Waals surface area (Å²) < 4.78 is 10.7. The molecule has 0 aliphatic heterocycles. The standard InChI is InChI=1S/C26H24N2O4/c1-17-11-12-18-14-19(25(29)27-23(18)13-17)16-28(20-7-6-8-21(15-20)31-2)26(30)22-9-4-5-10-24(22)32-3/h4-15H,16H2,1-3H3,(H,27,29). The van der Waals surface area contributed by atoms with Crippen LogP contribution in [0.15, 0.2) is 77.6 Å². The van der Waals surface area contributed by atoms with E-state index in [0.29, 0.717) is 28.3 Å². The molecule has 4 rings (SSSR count).